The van der Waals surface area contributed by atoms with Crippen LogP contribution in [0.1, 0.15) is 6.42 Å². The van der Waals surface area contributed by atoms with Gasteiger partial charge in [-0.15, -0.1) is 5.10 Å². The van der Waals surface area contributed by atoms with Crippen molar-refractivity contribution >= 4 is 11.9 Å². The number of aromatic nitrogens is 5. The summed E-state index contributed by atoms with van der Waals surface area (Å²) in [4.78, 5) is 17.5. The lowest BCUT2D eigenvalue weighted by Crippen LogP contribution is -2.32. The van der Waals surface area contributed by atoms with Gasteiger partial charge in [0.25, 0.3) is 0 Å². The van der Waals surface area contributed by atoms with Crippen LogP contribution in [0.4, 0.5) is 16.3 Å². The normalized spacial score (nSPS) is 15.0. The Morgan fingerprint density at radius 1 is 0.885 bits per heavy atom. The summed E-state index contributed by atoms with van der Waals surface area (Å²) in [5.74, 6) is 1.00. The first-order valence-electron chi connectivity index (χ1n) is 8.52. The zero-order valence-electron chi connectivity index (χ0n) is 14.2. The molecule has 0 saturated carbocycles. The maximum Gasteiger partial charge on any atom is 0.245 e. The second-order valence-electron chi connectivity index (χ2n) is 6.03. The molecule has 2 aromatic heterocycles. The third-order valence-electron chi connectivity index (χ3n) is 4.28. The number of anilines is 2. The predicted molar refractivity (Wildman–Crippen MR) is 96.3 cm³/mol. The number of nitrogens with zero attached hydrogens (tertiary/aromatic N) is 7. The van der Waals surface area contributed by atoms with Crippen molar-refractivity contribution in [3.63, 3.8) is 0 Å². The lowest BCUT2D eigenvalue weighted by molar-refractivity contribution is 0.628. The molecule has 0 spiro atoms. The van der Waals surface area contributed by atoms with Gasteiger partial charge >= 0.3 is 0 Å². The molecule has 132 valence electrons. The third kappa shape index (κ3) is 3.58. The van der Waals surface area contributed by atoms with E-state index in [1.165, 1.54) is 12.1 Å². The number of hydrogen-bond donors (Lipinski definition) is 0. The topological polar surface area (TPSA) is 70.9 Å². The molecule has 7 nitrogen and oxygen atoms in total. The van der Waals surface area contributed by atoms with E-state index in [4.69, 9.17) is 0 Å². The van der Waals surface area contributed by atoms with Gasteiger partial charge in [0.05, 0.1) is 11.9 Å². The largest absolute Gasteiger partial charge is 0.339 e. The monoisotopic (exact) mass is 351 g/mol. The van der Waals surface area contributed by atoms with E-state index in [-0.39, 0.29) is 5.82 Å². The summed E-state index contributed by atoms with van der Waals surface area (Å²) in [7, 11) is 0. The molecule has 0 bridgehead atoms. The lowest BCUT2D eigenvalue weighted by atomic mass is 10.2. The molecular weight excluding hydrogens is 333 g/mol. The SMILES string of the molecule is Fc1cccc(-c2cnnc(N3CCCN(c4ncccn4)CC3)n2)c1. The number of halogens is 1. The van der Waals surface area contributed by atoms with Gasteiger partial charge in [0.1, 0.15) is 5.82 Å². The molecule has 0 radical (unpaired) electrons. The maximum atomic E-state index is 13.5. The molecular formula is C18H18FN7. The molecule has 0 amide bonds. The molecule has 3 heterocycles. The van der Waals surface area contributed by atoms with Crippen molar-refractivity contribution in [2.45, 2.75) is 6.42 Å². The van der Waals surface area contributed by atoms with E-state index in [2.05, 4.69) is 34.9 Å². The highest BCUT2D eigenvalue weighted by Gasteiger charge is 2.19. The molecule has 1 fully saturated rings. The summed E-state index contributed by atoms with van der Waals surface area (Å²) in [6, 6.07) is 8.15. The van der Waals surface area contributed by atoms with E-state index < -0.39 is 0 Å². The lowest BCUT2D eigenvalue weighted by Gasteiger charge is -2.21. The second kappa shape index (κ2) is 7.38. The second-order valence-corrected chi connectivity index (χ2v) is 6.03. The first-order chi connectivity index (χ1) is 12.8. The van der Waals surface area contributed by atoms with Gasteiger partial charge in [0, 0.05) is 44.1 Å². The van der Waals surface area contributed by atoms with E-state index >= 15 is 0 Å². The molecule has 3 aromatic rings. The number of benzene rings is 1. The van der Waals surface area contributed by atoms with Crippen molar-refractivity contribution in [2.75, 3.05) is 36.0 Å². The highest BCUT2D eigenvalue weighted by molar-refractivity contribution is 5.59. The average Bonchev–Trinajstić information content (AvgIpc) is 2.95. The molecule has 1 saturated heterocycles. The quantitative estimate of drug-likeness (QED) is 0.716. The Balaban J connectivity index is 1.52. The van der Waals surface area contributed by atoms with Crippen molar-refractivity contribution in [1.82, 2.24) is 25.1 Å². The summed E-state index contributed by atoms with van der Waals surface area (Å²) >= 11 is 0. The van der Waals surface area contributed by atoms with Gasteiger partial charge < -0.3 is 9.80 Å². The summed E-state index contributed by atoms with van der Waals surface area (Å²) in [6.45, 7) is 3.21. The molecule has 1 aliphatic rings. The summed E-state index contributed by atoms with van der Waals surface area (Å²) in [5, 5.41) is 8.23. The van der Waals surface area contributed by atoms with Crippen LogP contribution in [0.5, 0.6) is 0 Å². The predicted octanol–water partition coefficient (Wildman–Crippen LogP) is 2.18. The van der Waals surface area contributed by atoms with Crippen LogP contribution in [0.3, 0.4) is 0 Å². The Hall–Kier alpha value is -3.16. The van der Waals surface area contributed by atoms with Crippen molar-refractivity contribution in [1.29, 1.82) is 0 Å². The molecule has 26 heavy (non-hydrogen) atoms. The van der Waals surface area contributed by atoms with Gasteiger partial charge in [-0.25, -0.2) is 19.3 Å². The molecule has 4 rings (SSSR count). The van der Waals surface area contributed by atoms with Crippen molar-refractivity contribution < 1.29 is 4.39 Å². The van der Waals surface area contributed by atoms with Crippen molar-refractivity contribution in [2.24, 2.45) is 0 Å². The van der Waals surface area contributed by atoms with Crippen LogP contribution in [-0.4, -0.2) is 51.3 Å². The molecule has 0 atom stereocenters. The van der Waals surface area contributed by atoms with Crippen LogP contribution < -0.4 is 9.80 Å². The van der Waals surface area contributed by atoms with Gasteiger partial charge in [-0.05, 0) is 24.6 Å². The van der Waals surface area contributed by atoms with Crippen LogP contribution in [0, 0.1) is 5.82 Å². The minimum atomic E-state index is -0.295. The first-order valence-corrected chi connectivity index (χ1v) is 8.52. The van der Waals surface area contributed by atoms with Crippen LogP contribution >= 0.6 is 0 Å². The number of hydrogen-bond acceptors (Lipinski definition) is 7. The first kappa shape index (κ1) is 16.3. The Labute approximate surface area is 150 Å². The summed E-state index contributed by atoms with van der Waals surface area (Å²) < 4.78 is 13.5. The Bertz CT molecular complexity index is 874. The zero-order valence-corrected chi connectivity index (χ0v) is 14.2. The highest BCUT2D eigenvalue weighted by Crippen LogP contribution is 2.20. The van der Waals surface area contributed by atoms with Crippen LogP contribution in [-0.2, 0) is 0 Å². The van der Waals surface area contributed by atoms with Crippen LogP contribution in [0.15, 0.2) is 48.9 Å². The average molecular weight is 351 g/mol. The zero-order chi connectivity index (χ0) is 17.8. The summed E-state index contributed by atoms with van der Waals surface area (Å²) in [6.07, 6.45) is 5.99. The van der Waals surface area contributed by atoms with E-state index in [1.807, 2.05) is 12.1 Å². The van der Waals surface area contributed by atoms with Gasteiger partial charge in [-0.3, -0.25) is 0 Å². The van der Waals surface area contributed by atoms with Crippen LogP contribution in [0.2, 0.25) is 0 Å². The Kier molecular flexibility index (Phi) is 4.63. The van der Waals surface area contributed by atoms with E-state index in [0.29, 0.717) is 17.2 Å². The highest BCUT2D eigenvalue weighted by atomic mass is 19.1. The maximum absolute atomic E-state index is 13.5. The molecule has 1 aromatic carbocycles. The Morgan fingerprint density at radius 3 is 2.42 bits per heavy atom. The summed E-state index contributed by atoms with van der Waals surface area (Å²) in [5.41, 5.74) is 1.30. The molecule has 0 unspecified atom stereocenters. The van der Waals surface area contributed by atoms with Gasteiger partial charge in [0.2, 0.25) is 11.9 Å². The van der Waals surface area contributed by atoms with Crippen molar-refractivity contribution in [3.05, 3.63) is 54.7 Å². The molecule has 0 N–H and O–H groups in total. The minimum Gasteiger partial charge on any atom is -0.339 e. The fraction of sp³-hybridized carbons (Fsp3) is 0.278. The smallest absolute Gasteiger partial charge is 0.245 e. The molecule has 8 heteroatoms. The minimum absolute atomic E-state index is 0.295. The van der Waals surface area contributed by atoms with Gasteiger partial charge in [-0.2, -0.15) is 5.10 Å². The van der Waals surface area contributed by atoms with Crippen LogP contribution in [0.25, 0.3) is 11.3 Å². The van der Waals surface area contributed by atoms with Gasteiger partial charge in [0.15, 0.2) is 0 Å². The van der Waals surface area contributed by atoms with E-state index in [1.54, 1.807) is 24.7 Å². The standard InChI is InChI=1S/C18H18FN7/c19-15-5-1-4-14(12-15)16-13-22-24-18(23-16)26-9-3-8-25(10-11-26)17-20-6-2-7-21-17/h1-2,4-7,12-13H,3,8-11H2. The van der Waals surface area contributed by atoms with Gasteiger partial charge in [-0.1, -0.05) is 12.1 Å². The van der Waals surface area contributed by atoms with E-state index in [0.717, 1.165) is 38.5 Å². The number of rotatable bonds is 3. The van der Waals surface area contributed by atoms with E-state index in [9.17, 15) is 4.39 Å². The van der Waals surface area contributed by atoms with Crippen molar-refractivity contribution in [3.8, 4) is 11.3 Å². The third-order valence-corrected chi connectivity index (χ3v) is 4.28. The Morgan fingerprint density at radius 2 is 1.65 bits per heavy atom. The molecule has 1 aliphatic heterocycles. The fourth-order valence-corrected chi connectivity index (χ4v) is 2.99. The molecule has 0 aliphatic carbocycles. The fourth-order valence-electron chi connectivity index (χ4n) is 2.99.